The van der Waals surface area contributed by atoms with Crippen molar-refractivity contribution in [2.24, 2.45) is 0 Å². The van der Waals surface area contributed by atoms with Crippen molar-refractivity contribution in [2.45, 2.75) is 38.3 Å². The number of rotatable bonds is 4. The van der Waals surface area contributed by atoms with Crippen molar-refractivity contribution in [3.63, 3.8) is 0 Å². The summed E-state index contributed by atoms with van der Waals surface area (Å²) in [5, 5.41) is 13.2. The normalized spacial score (nSPS) is 18.4. The van der Waals surface area contributed by atoms with E-state index in [0.717, 1.165) is 23.9 Å². The zero-order valence-corrected chi connectivity index (χ0v) is 12.3. The van der Waals surface area contributed by atoms with Crippen LogP contribution >= 0.6 is 0 Å². The largest absolute Gasteiger partial charge is 0.323 e. The molecule has 1 aliphatic heterocycles. The number of carbonyl (C=O) groups excluding carboxylic acids is 1. The quantitative estimate of drug-likeness (QED) is 0.899. The average molecular weight is 325 g/mol. The number of likely N-dealkylation sites (tertiary alicyclic amines) is 1. The highest BCUT2D eigenvalue weighted by Gasteiger charge is 2.30. The van der Waals surface area contributed by atoms with Gasteiger partial charge in [-0.1, -0.05) is 0 Å². The van der Waals surface area contributed by atoms with E-state index in [0.29, 0.717) is 12.4 Å². The molecule has 8 nitrogen and oxygen atoms in total. The van der Waals surface area contributed by atoms with Crippen molar-refractivity contribution in [1.29, 1.82) is 0 Å². The summed E-state index contributed by atoms with van der Waals surface area (Å²) in [7, 11) is 0. The van der Waals surface area contributed by atoms with Gasteiger partial charge in [0.1, 0.15) is 18.7 Å². The first-order chi connectivity index (χ1) is 11.1. The number of nitrogens with zero attached hydrogens (tertiary/aromatic N) is 5. The molecular weight excluding hydrogens is 308 g/mol. The number of piperidine rings is 1. The number of alkyl halides is 2. The van der Waals surface area contributed by atoms with Crippen LogP contribution in [0.4, 0.5) is 19.4 Å². The molecule has 3 heterocycles. The van der Waals surface area contributed by atoms with Crippen LogP contribution in [0.3, 0.4) is 0 Å². The van der Waals surface area contributed by atoms with Gasteiger partial charge in [-0.25, -0.2) is 18.6 Å². The molecule has 3 rings (SSSR count). The van der Waals surface area contributed by atoms with Crippen LogP contribution in [0.15, 0.2) is 18.6 Å². The Kier molecular flexibility index (Phi) is 4.49. The van der Waals surface area contributed by atoms with Crippen LogP contribution in [0, 0.1) is 0 Å². The lowest BCUT2D eigenvalue weighted by atomic mass is 10.0. The summed E-state index contributed by atoms with van der Waals surface area (Å²) in [5.41, 5.74) is 0. The Morgan fingerprint density at radius 1 is 1.48 bits per heavy atom. The molecule has 23 heavy (non-hydrogen) atoms. The Bertz CT molecular complexity index is 643. The van der Waals surface area contributed by atoms with Crippen LogP contribution in [0.2, 0.25) is 0 Å². The maximum atomic E-state index is 12.5. The highest BCUT2D eigenvalue weighted by Crippen LogP contribution is 2.28. The van der Waals surface area contributed by atoms with Gasteiger partial charge in [0.15, 0.2) is 5.82 Å². The van der Waals surface area contributed by atoms with E-state index in [1.807, 2.05) is 0 Å². The Balaban J connectivity index is 1.67. The van der Waals surface area contributed by atoms with E-state index in [1.54, 1.807) is 4.90 Å². The number of urea groups is 1. The monoisotopic (exact) mass is 325 g/mol. The number of anilines is 1. The van der Waals surface area contributed by atoms with Gasteiger partial charge in [-0.2, -0.15) is 10.2 Å². The molecule has 2 aromatic heterocycles. The van der Waals surface area contributed by atoms with E-state index < -0.39 is 13.0 Å². The second-order valence-electron chi connectivity index (χ2n) is 5.32. The lowest BCUT2D eigenvalue weighted by Crippen LogP contribution is -2.41. The number of H-pyrrole nitrogens is 1. The lowest BCUT2D eigenvalue weighted by molar-refractivity contribution is 0.122. The van der Waals surface area contributed by atoms with Crippen LogP contribution in [0.1, 0.15) is 31.1 Å². The van der Waals surface area contributed by atoms with Gasteiger partial charge in [-0.3, -0.25) is 15.1 Å². The first kappa shape index (κ1) is 15.4. The predicted molar refractivity (Wildman–Crippen MR) is 76.9 cm³/mol. The maximum Gasteiger partial charge on any atom is 0.323 e. The van der Waals surface area contributed by atoms with Gasteiger partial charge in [0.2, 0.25) is 0 Å². The van der Waals surface area contributed by atoms with Crippen molar-refractivity contribution >= 4 is 11.8 Å². The molecule has 0 spiro atoms. The Morgan fingerprint density at radius 3 is 3.09 bits per heavy atom. The molecule has 2 amide bonds. The molecule has 0 aromatic carbocycles. The Morgan fingerprint density at radius 2 is 2.35 bits per heavy atom. The fourth-order valence-electron chi connectivity index (χ4n) is 2.69. The third-order valence-electron chi connectivity index (χ3n) is 3.71. The molecule has 1 fully saturated rings. The minimum absolute atomic E-state index is 0.172. The van der Waals surface area contributed by atoms with E-state index >= 15 is 0 Å². The first-order valence-electron chi connectivity index (χ1n) is 7.38. The van der Waals surface area contributed by atoms with E-state index in [4.69, 9.17) is 0 Å². The molecule has 1 aliphatic rings. The zero-order valence-electron chi connectivity index (χ0n) is 12.3. The van der Waals surface area contributed by atoms with Gasteiger partial charge in [0.25, 0.3) is 6.43 Å². The Labute approximate surface area is 130 Å². The van der Waals surface area contributed by atoms with Gasteiger partial charge < -0.3 is 4.90 Å². The highest BCUT2D eigenvalue weighted by atomic mass is 19.3. The summed E-state index contributed by atoms with van der Waals surface area (Å²) in [6.45, 7) is 0.0925. The minimum Gasteiger partial charge on any atom is -0.314 e. The van der Waals surface area contributed by atoms with Crippen molar-refractivity contribution in [3.05, 3.63) is 24.4 Å². The molecule has 0 bridgehead atoms. The average Bonchev–Trinajstić information content (AvgIpc) is 3.18. The van der Waals surface area contributed by atoms with E-state index in [9.17, 15) is 13.6 Å². The van der Waals surface area contributed by atoms with Crippen LogP contribution in [0.5, 0.6) is 0 Å². The van der Waals surface area contributed by atoms with Gasteiger partial charge in [-0.15, -0.1) is 0 Å². The summed E-state index contributed by atoms with van der Waals surface area (Å²) in [6, 6.07) is 0.996. The van der Waals surface area contributed by atoms with Gasteiger partial charge in [0.05, 0.1) is 6.04 Å². The smallest absolute Gasteiger partial charge is 0.314 e. The van der Waals surface area contributed by atoms with E-state index in [2.05, 4.69) is 25.6 Å². The number of nitrogens with one attached hydrogen (secondary N) is 2. The van der Waals surface area contributed by atoms with E-state index in [-0.39, 0.29) is 17.9 Å². The number of halogens is 2. The number of amides is 2. The van der Waals surface area contributed by atoms with Gasteiger partial charge in [0, 0.05) is 18.8 Å². The second-order valence-corrected chi connectivity index (χ2v) is 5.32. The summed E-state index contributed by atoms with van der Waals surface area (Å²) < 4.78 is 25.7. The predicted octanol–water partition coefficient (Wildman–Crippen LogP) is 2.03. The molecule has 2 N–H and O–H groups in total. The molecule has 0 aliphatic carbocycles. The lowest BCUT2D eigenvalue weighted by Gasteiger charge is -2.33. The summed E-state index contributed by atoms with van der Waals surface area (Å²) in [5.74, 6) is 0.889. The zero-order chi connectivity index (χ0) is 16.2. The number of aromatic amines is 1. The number of hydrogen-bond donors (Lipinski definition) is 2. The Hall–Kier alpha value is -2.52. The number of hydrogen-bond acceptors (Lipinski definition) is 4. The molecule has 10 heteroatoms. The minimum atomic E-state index is -2.49. The van der Waals surface area contributed by atoms with Crippen molar-refractivity contribution < 1.29 is 13.6 Å². The molecule has 0 saturated carbocycles. The van der Waals surface area contributed by atoms with Crippen LogP contribution < -0.4 is 5.32 Å². The summed E-state index contributed by atoms with van der Waals surface area (Å²) in [4.78, 5) is 18.2. The first-order valence-corrected chi connectivity index (χ1v) is 7.38. The maximum absolute atomic E-state index is 12.5. The number of carbonyl (C=O) groups is 1. The molecule has 1 unspecified atom stereocenters. The van der Waals surface area contributed by atoms with E-state index in [1.165, 1.54) is 18.6 Å². The summed E-state index contributed by atoms with van der Waals surface area (Å²) in [6.07, 6.45) is 3.02. The summed E-state index contributed by atoms with van der Waals surface area (Å²) >= 11 is 0. The molecule has 2 aromatic rings. The van der Waals surface area contributed by atoms with Crippen molar-refractivity contribution in [3.8, 4) is 0 Å². The van der Waals surface area contributed by atoms with Gasteiger partial charge in [-0.05, 0) is 19.3 Å². The third kappa shape index (κ3) is 3.63. The molecule has 1 saturated heterocycles. The van der Waals surface area contributed by atoms with Crippen LogP contribution in [-0.2, 0) is 6.54 Å². The third-order valence-corrected chi connectivity index (χ3v) is 3.71. The van der Waals surface area contributed by atoms with Crippen LogP contribution in [-0.4, -0.2) is 48.9 Å². The standard InChI is InChI=1S/C13H17F2N7O/c14-10(15)7-21-6-4-11(20-21)18-13(23)22-5-2-1-3-9(22)12-16-8-17-19-12/h4,6,8-10H,1-3,5,7H2,(H,16,17,19)(H,18,20,23). The highest BCUT2D eigenvalue weighted by molar-refractivity contribution is 5.88. The SMILES string of the molecule is O=C(Nc1ccn(CC(F)F)n1)N1CCCCC1c1ncn[nH]1. The van der Waals surface area contributed by atoms with Gasteiger partial charge >= 0.3 is 6.03 Å². The molecule has 1 atom stereocenters. The fraction of sp³-hybridized carbons (Fsp3) is 0.538. The van der Waals surface area contributed by atoms with Crippen LogP contribution in [0.25, 0.3) is 0 Å². The molecular formula is C13H17F2N7O. The topological polar surface area (TPSA) is 91.7 Å². The number of aromatic nitrogens is 5. The molecule has 124 valence electrons. The second kappa shape index (κ2) is 6.71. The van der Waals surface area contributed by atoms with Crippen molar-refractivity contribution in [2.75, 3.05) is 11.9 Å². The fourth-order valence-corrected chi connectivity index (χ4v) is 2.69. The van der Waals surface area contributed by atoms with Crippen molar-refractivity contribution in [1.82, 2.24) is 29.9 Å². The molecule has 0 radical (unpaired) electrons.